The summed E-state index contributed by atoms with van der Waals surface area (Å²) in [5.74, 6) is 0.928. The van der Waals surface area contributed by atoms with E-state index in [0.717, 1.165) is 40.9 Å². The van der Waals surface area contributed by atoms with Gasteiger partial charge in [0.2, 0.25) is 0 Å². The van der Waals surface area contributed by atoms with Gasteiger partial charge >= 0.3 is 0 Å². The lowest BCUT2D eigenvalue weighted by Gasteiger charge is -2.22. The van der Waals surface area contributed by atoms with Gasteiger partial charge in [0.05, 0.1) is 6.10 Å². The summed E-state index contributed by atoms with van der Waals surface area (Å²) in [6, 6.07) is 6.00. The van der Waals surface area contributed by atoms with E-state index < -0.39 is 6.10 Å². The Morgan fingerprint density at radius 1 is 1.21 bits per heavy atom. The van der Waals surface area contributed by atoms with Crippen LogP contribution in [-0.4, -0.2) is 29.6 Å². The van der Waals surface area contributed by atoms with Gasteiger partial charge in [-0.3, -0.25) is 0 Å². The third-order valence-electron chi connectivity index (χ3n) is 3.92. The van der Waals surface area contributed by atoms with Crippen LogP contribution in [0.3, 0.4) is 0 Å². The van der Waals surface area contributed by atoms with Gasteiger partial charge in [0.1, 0.15) is 11.3 Å². The molecule has 3 nitrogen and oxygen atoms in total. The van der Waals surface area contributed by atoms with Gasteiger partial charge < -0.3 is 14.4 Å². The van der Waals surface area contributed by atoms with E-state index in [1.54, 1.807) is 0 Å². The summed E-state index contributed by atoms with van der Waals surface area (Å²) in [6.07, 6.45) is -0.506. The van der Waals surface area contributed by atoms with Crippen LogP contribution >= 0.6 is 0 Å². The molecule has 3 heteroatoms. The Kier molecular flexibility index (Phi) is 4.27. The predicted octanol–water partition coefficient (Wildman–Crippen LogP) is 3.42. The van der Waals surface area contributed by atoms with E-state index in [1.165, 1.54) is 0 Å². The molecule has 0 saturated carbocycles. The van der Waals surface area contributed by atoms with Crippen molar-refractivity contribution in [3.8, 4) is 0 Å². The third-order valence-corrected chi connectivity index (χ3v) is 3.92. The minimum Gasteiger partial charge on any atom is -0.461 e. The third kappa shape index (κ3) is 2.67. The topological polar surface area (TPSA) is 36.6 Å². The highest BCUT2D eigenvalue weighted by Gasteiger charge is 2.18. The van der Waals surface area contributed by atoms with Gasteiger partial charge in [-0.25, -0.2) is 0 Å². The number of rotatable bonds is 5. The number of furan rings is 1. The van der Waals surface area contributed by atoms with Gasteiger partial charge in [0.25, 0.3) is 0 Å². The zero-order valence-corrected chi connectivity index (χ0v) is 12.2. The first-order chi connectivity index (χ1) is 9.08. The number of benzene rings is 1. The molecule has 0 saturated heterocycles. The second-order valence-electron chi connectivity index (χ2n) is 5.01. The number of aliphatic hydroxyl groups excluding tert-OH is 1. The molecule has 1 atom stereocenters. The average Bonchev–Trinajstić information content (AvgIpc) is 2.71. The summed E-state index contributed by atoms with van der Waals surface area (Å²) in [7, 11) is 0. The first-order valence-corrected chi connectivity index (χ1v) is 6.97. The Balaban J connectivity index is 2.37. The van der Waals surface area contributed by atoms with Crippen LogP contribution in [0.4, 0.5) is 0 Å². The smallest absolute Gasteiger partial charge is 0.140 e. The minimum absolute atomic E-state index is 0.506. The molecule has 0 unspecified atom stereocenters. The largest absolute Gasteiger partial charge is 0.461 e. The number of aliphatic hydroxyl groups is 1. The number of likely N-dealkylation sites (N-methyl/N-ethyl adjacent to an activating group) is 1. The Morgan fingerprint density at radius 3 is 2.53 bits per heavy atom. The lowest BCUT2D eigenvalue weighted by molar-refractivity contribution is 0.119. The average molecular weight is 261 g/mol. The molecule has 0 amide bonds. The second-order valence-corrected chi connectivity index (χ2v) is 5.01. The van der Waals surface area contributed by atoms with Gasteiger partial charge in [-0.2, -0.15) is 0 Å². The monoisotopic (exact) mass is 261 g/mol. The lowest BCUT2D eigenvalue weighted by atomic mass is 10.0. The van der Waals surface area contributed by atoms with Crippen molar-refractivity contribution in [3.05, 3.63) is 35.1 Å². The SMILES string of the molecule is CCN(CC)C[C@@H](O)c1cccc2c(C)c(C)oc12. The van der Waals surface area contributed by atoms with E-state index in [1.807, 2.05) is 19.1 Å². The van der Waals surface area contributed by atoms with E-state index in [2.05, 4.69) is 31.7 Å². The first kappa shape index (κ1) is 14.1. The molecule has 0 radical (unpaired) electrons. The van der Waals surface area contributed by atoms with E-state index in [9.17, 15) is 5.11 Å². The van der Waals surface area contributed by atoms with E-state index >= 15 is 0 Å². The van der Waals surface area contributed by atoms with Crippen LogP contribution in [0, 0.1) is 13.8 Å². The van der Waals surface area contributed by atoms with Crippen LogP contribution in [-0.2, 0) is 0 Å². The molecule has 0 bridgehead atoms. The molecular formula is C16H23NO2. The number of nitrogens with zero attached hydrogens (tertiary/aromatic N) is 1. The Hall–Kier alpha value is -1.32. The van der Waals surface area contributed by atoms with Gasteiger partial charge in [0, 0.05) is 17.5 Å². The van der Waals surface area contributed by atoms with E-state index in [-0.39, 0.29) is 0 Å². The molecule has 2 rings (SSSR count). The normalized spacial score (nSPS) is 13.4. The van der Waals surface area contributed by atoms with Gasteiger partial charge in [-0.05, 0) is 32.5 Å². The molecule has 19 heavy (non-hydrogen) atoms. The molecule has 104 valence electrons. The Bertz CT molecular complexity index is 555. The molecule has 2 aromatic rings. The van der Waals surface area contributed by atoms with Crippen molar-refractivity contribution in [2.24, 2.45) is 0 Å². The maximum absolute atomic E-state index is 10.4. The lowest BCUT2D eigenvalue weighted by Crippen LogP contribution is -2.28. The van der Waals surface area contributed by atoms with Crippen molar-refractivity contribution in [2.45, 2.75) is 33.8 Å². The number of hydrogen-bond donors (Lipinski definition) is 1. The highest BCUT2D eigenvalue weighted by molar-refractivity contribution is 5.85. The van der Waals surface area contributed by atoms with Crippen molar-refractivity contribution in [1.29, 1.82) is 0 Å². The van der Waals surface area contributed by atoms with Gasteiger partial charge in [-0.1, -0.05) is 32.0 Å². The summed E-state index contributed by atoms with van der Waals surface area (Å²) < 4.78 is 5.82. The fourth-order valence-corrected chi connectivity index (χ4v) is 2.47. The van der Waals surface area contributed by atoms with Crippen LogP contribution in [0.25, 0.3) is 11.0 Å². The molecular weight excluding hydrogens is 238 g/mol. The molecule has 1 aromatic heterocycles. The number of aryl methyl sites for hydroxylation is 2. The van der Waals surface area contributed by atoms with Gasteiger partial charge in [-0.15, -0.1) is 0 Å². The number of hydrogen-bond acceptors (Lipinski definition) is 3. The fraction of sp³-hybridized carbons (Fsp3) is 0.500. The summed E-state index contributed by atoms with van der Waals surface area (Å²) >= 11 is 0. The number of para-hydroxylation sites is 1. The standard InChI is InChI=1S/C16H23NO2/c1-5-17(6-2)10-15(18)14-9-7-8-13-11(3)12(4)19-16(13)14/h7-9,15,18H,5-6,10H2,1-4H3/t15-/m1/s1. The molecule has 0 aliphatic carbocycles. The van der Waals surface area contributed by atoms with E-state index in [0.29, 0.717) is 6.54 Å². The molecule has 1 heterocycles. The van der Waals surface area contributed by atoms with Crippen LogP contribution < -0.4 is 0 Å². The van der Waals surface area contributed by atoms with Crippen LogP contribution in [0.2, 0.25) is 0 Å². The molecule has 0 fully saturated rings. The van der Waals surface area contributed by atoms with E-state index in [4.69, 9.17) is 4.42 Å². The fourth-order valence-electron chi connectivity index (χ4n) is 2.47. The molecule has 0 spiro atoms. The van der Waals surface area contributed by atoms with Crippen LogP contribution in [0.1, 0.15) is 36.8 Å². The zero-order valence-electron chi connectivity index (χ0n) is 12.2. The molecule has 1 N–H and O–H groups in total. The van der Waals surface area contributed by atoms with Crippen LogP contribution in [0.5, 0.6) is 0 Å². The second kappa shape index (κ2) is 5.76. The van der Waals surface area contributed by atoms with Crippen molar-refractivity contribution < 1.29 is 9.52 Å². The molecule has 0 aliphatic rings. The van der Waals surface area contributed by atoms with Crippen molar-refractivity contribution in [1.82, 2.24) is 4.90 Å². The predicted molar refractivity (Wildman–Crippen MR) is 78.4 cm³/mol. The van der Waals surface area contributed by atoms with Crippen molar-refractivity contribution in [3.63, 3.8) is 0 Å². The summed E-state index contributed by atoms with van der Waals surface area (Å²) in [6.45, 7) is 10.8. The first-order valence-electron chi connectivity index (χ1n) is 6.97. The summed E-state index contributed by atoms with van der Waals surface area (Å²) in [5.41, 5.74) is 2.88. The maximum atomic E-state index is 10.4. The highest BCUT2D eigenvalue weighted by Crippen LogP contribution is 2.30. The highest BCUT2D eigenvalue weighted by atomic mass is 16.3. The zero-order chi connectivity index (χ0) is 14.0. The van der Waals surface area contributed by atoms with Crippen LogP contribution in [0.15, 0.2) is 22.6 Å². The number of fused-ring (bicyclic) bond motifs is 1. The van der Waals surface area contributed by atoms with Crippen molar-refractivity contribution >= 4 is 11.0 Å². The molecule has 0 aliphatic heterocycles. The Labute approximate surface area is 114 Å². The molecule has 1 aromatic carbocycles. The quantitative estimate of drug-likeness (QED) is 0.896. The summed E-state index contributed by atoms with van der Waals surface area (Å²) in [5, 5.41) is 11.6. The maximum Gasteiger partial charge on any atom is 0.140 e. The van der Waals surface area contributed by atoms with Gasteiger partial charge in [0.15, 0.2) is 0 Å². The minimum atomic E-state index is -0.506. The Morgan fingerprint density at radius 2 is 1.89 bits per heavy atom. The summed E-state index contributed by atoms with van der Waals surface area (Å²) in [4.78, 5) is 2.21. The van der Waals surface area contributed by atoms with Crippen molar-refractivity contribution in [2.75, 3.05) is 19.6 Å².